The minimum atomic E-state index is -1.02. The lowest BCUT2D eigenvalue weighted by atomic mass is 10.2. The van der Waals surface area contributed by atoms with Crippen LogP contribution in [0.3, 0.4) is 0 Å². The second-order valence-corrected chi connectivity index (χ2v) is 4.48. The van der Waals surface area contributed by atoms with Crippen LogP contribution in [0.1, 0.15) is 23.7 Å². The van der Waals surface area contributed by atoms with E-state index >= 15 is 0 Å². The Morgan fingerprint density at radius 3 is 2.33 bits per heavy atom. The predicted octanol–water partition coefficient (Wildman–Crippen LogP) is 1.99. The number of aromatic carboxylic acids is 1. The van der Waals surface area contributed by atoms with Crippen LogP contribution in [-0.2, 0) is 9.59 Å². The average molecular weight is 267 g/mol. The maximum atomic E-state index is 11.5. The summed E-state index contributed by atoms with van der Waals surface area (Å²) in [7, 11) is 0. The smallest absolute Gasteiger partial charge is 0.335 e. The molecule has 1 aromatic carbocycles. The van der Waals surface area contributed by atoms with Gasteiger partial charge in [0.2, 0.25) is 5.91 Å². The average Bonchev–Trinajstić information content (AvgIpc) is 2.36. The number of thioether (sulfide) groups is 1. The Morgan fingerprint density at radius 2 is 1.83 bits per heavy atom. The normalized spacial score (nSPS) is 9.83. The minimum absolute atomic E-state index is 0.0358. The molecule has 0 saturated carbocycles. The van der Waals surface area contributed by atoms with Crippen molar-refractivity contribution in [1.29, 1.82) is 0 Å². The van der Waals surface area contributed by atoms with Crippen molar-refractivity contribution in [3.8, 4) is 0 Å². The van der Waals surface area contributed by atoms with Crippen LogP contribution in [0.4, 0.5) is 5.69 Å². The van der Waals surface area contributed by atoms with E-state index in [0.29, 0.717) is 12.1 Å². The fourth-order valence-electron chi connectivity index (χ4n) is 1.14. The monoisotopic (exact) mass is 267 g/mol. The van der Waals surface area contributed by atoms with Gasteiger partial charge in [0.15, 0.2) is 5.12 Å². The Morgan fingerprint density at radius 1 is 1.22 bits per heavy atom. The van der Waals surface area contributed by atoms with Gasteiger partial charge in [-0.1, -0.05) is 18.7 Å². The molecule has 2 N–H and O–H groups in total. The predicted molar refractivity (Wildman–Crippen MR) is 69.8 cm³/mol. The van der Waals surface area contributed by atoms with Crippen LogP contribution in [0, 0.1) is 0 Å². The fraction of sp³-hybridized carbons (Fsp3) is 0.250. The van der Waals surface area contributed by atoms with Gasteiger partial charge in [-0.05, 0) is 24.3 Å². The first-order chi connectivity index (χ1) is 8.52. The molecular weight excluding hydrogens is 254 g/mol. The van der Waals surface area contributed by atoms with Gasteiger partial charge in [-0.15, -0.1) is 0 Å². The van der Waals surface area contributed by atoms with E-state index in [-0.39, 0.29) is 22.3 Å². The van der Waals surface area contributed by atoms with Crippen molar-refractivity contribution >= 4 is 34.4 Å². The Bertz CT molecular complexity index is 456. The number of hydrogen-bond acceptors (Lipinski definition) is 4. The second kappa shape index (κ2) is 6.80. The molecule has 0 heterocycles. The van der Waals surface area contributed by atoms with Gasteiger partial charge in [-0.2, -0.15) is 0 Å². The summed E-state index contributed by atoms with van der Waals surface area (Å²) in [4.78, 5) is 33.1. The van der Waals surface area contributed by atoms with Crippen molar-refractivity contribution in [3.05, 3.63) is 29.8 Å². The van der Waals surface area contributed by atoms with Crippen molar-refractivity contribution in [1.82, 2.24) is 0 Å². The topological polar surface area (TPSA) is 83.5 Å². The van der Waals surface area contributed by atoms with E-state index in [2.05, 4.69) is 5.32 Å². The zero-order valence-corrected chi connectivity index (χ0v) is 10.6. The van der Waals surface area contributed by atoms with Crippen LogP contribution < -0.4 is 5.32 Å². The summed E-state index contributed by atoms with van der Waals surface area (Å²) in [6, 6.07) is 5.83. The molecule has 0 aromatic heterocycles. The zero-order valence-electron chi connectivity index (χ0n) is 9.80. The van der Waals surface area contributed by atoms with E-state index in [1.54, 1.807) is 6.92 Å². The molecule has 0 atom stereocenters. The molecule has 18 heavy (non-hydrogen) atoms. The van der Waals surface area contributed by atoms with Gasteiger partial charge >= 0.3 is 5.97 Å². The Labute approximate surface area is 109 Å². The first-order valence-electron chi connectivity index (χ1n) is 5.31. The molecule has 0 aliphatic carbocycles. The third-order valence-corrected chi connectivity index (χ3v) is 3.09. The zero-order chi connectivity index (χ0) is 13.5. The van der Waals surface area contributed by atoms with Gasteiger partial charge < -0.3 is 10.4 Å². The van der Waals surface area contributed by atoms with E-state index in [4.69, 9.17) is 5.11 Å². The van der Waals surface area contributed by atoms with Gasteiger partial charge in [0, 0.05) is 12.1 Å². The third-order valence-electron chi connectivity index (χ3n) is 2.07. The van der Waals surface area contributed by atoms with Crippen LogP contribution >= 0.6 is 11.8 Å². The number of amides is 1. The number of carboxylic acids is 1. The standard InChI is InChI=1S/C12H13NO4S/c1-2-11(15)18-7-10(14)13-9-5-3-8(4-6-9)12(16)17/h3-6H,2,7H2,1H3,(H,13,14)(H,16,17). The maximum absolute atomic E-state index is 11.5. The molecule has 6 heteroatoms. The second-order valence-electron chi connectivity index (χ2n) is 3.44. The number of carbonyl (C=O) groups is 3. The Hall–Kier alpha value is -1.82. The molecule has 0 aliphatic rings. The van der Waals surface area contributed by atoms with Crippen molar-refractivity contribution in [2.45, 2.75) is 13.3 Å². The fourth-order valence-corrected chi connectivity index (χ4v) is 1.71. The summed E-state index contributed by atoms with van der Waals surface area (Å²) in [6.45, 7) is 1.73. The minimum Gasteiger partial charge on any atom is -0.478 e. The van der Waals surface area contributed by atoms with E-state index in [1.165, 1.54) is 24.3 Å². The summed E-state index contributed by atoms with van der Waals surface area (Å²) in [5.74, 6) is -1.24. The molecule has 1 amide bonds. The van der Waals surface area contributed by atoms with Crippen molar-refractivity contribution < 1.29 is 19.5 Å². The van der Waals surface area contributed by atoms with Crippen LogP contribution in [0.25, 0.3) is 0 Å². The highest BCUT2D eigenvalue weighted by atomic mass is 32.2. The number of carbonyl (C=O) groups excluding carboxylic acids is 2. The van der Waals surface area contributed by atoms with Gasteiger partial charge in [0.05, 0.1) is 11.3 Å². The maximum Gasteiger partial charge on any atom is 0.335 e. The number of nitrogens with one attached hydrogen (secondary N) is 1. The molecule has 5 nitrogen and oxygen atoms in total. The van der Waals surface area contributed by atoms with E-state index in [1.807, 2.05) is 0 Å². The summed E-state index contributed by atoms with van der Waals surface area (Å²) >= 11 is 0.967. The summed E-state index contributed by atoms with van der Waals surface area (Å²) in [6.07, 6.45) is 0.394. The molecule has 0 spiro atoms. The molecule has 0 bridgehead atoms. The molecule has 0 unspecified atom stereocenters. The molecule has 0 fully saturated rings. The van der Waals surface area contributed by atoms with E-state index in [9.17, 15) is 14.4 Å². The van der Waals surface area contributed by atoms with Crippen molar-refractivity contribution in [2.75, 3.05) is 11.1 Å². The summed E-state index contributed by atoms with van der Waals surface area (Å²) in [5, 5.41) is 11.2. The molecule has 1 rings (SSSR count). The SMILES string of the molecule is CCC(=O)SCC(=O)Nc1ccc(C(=O)O)cc1. The van der Waals surface area contributed by atoms with Gasteiger partial charge in [-0.3, -0.25) is 9.59 Å². The van der Waals surface area contributed by atoms with Crippen molar-refractivity contribution in [3.63, 3.8) is 0 Å². The van der Waals surface area contributed by atoms with Crippen LogP contribution in [-0.4, -0.2) is 27.9 Å². The number of carboxylic acid groups (broad SMARTS) is 1. The van der Waals surface area contributed by atoms with E-state index in [0.717, 1.165) is 11.8 Å². The van der Waals surface area contributed by atoms with Crippen LogP contribution in [0.15, 0.2) is 24.3 Å². The summed E-state index contributed by atoms with van der Waals surface area (Å²) < 4.78 is 0. The van der Waals surface area contributed by atoms with Gasteiger partial charge in [-0.25, -0.2) is 4.79 Å². The lowest BCUT2D eigenvalue weighted by Gasteiger charge is -2.04. The van der Waals surface area contributed by atoms with Gasteiger partial charge in [0.1, 0.15) is 0 Å². The highest BCUT2D eigenvalue weighted by Gasteiger charge is 2.07. The first kappa shape index (κ1) is 14.2. The highest BCUT2D eigenvalue weighted by Crippen LogP contribution is 2.11. The molecule has 0 aliphatic heterocycles. The molecule has 96 valence electrons. The van der Waals surface area contributed by atoms with E-state index < -0.39 is 5.97 Å². The Balaban J connectivity index is 2.49. The third kappa shape index (κ3) is 4.58. The number of hydrogen-bond donors (Lipinski definition) is 2. The lowest BCUT2D eigenvalue weighted by molar-refractivity contribution is -0.114. The van der Waals surface area contributed by atoms with Crippen LogP contribution in [0.5, 0.6) is 0 Å². The largest absolute Gasteiger partial charge is 0.478 e. The molecule has 0 radical (unpaired) electrons. The van der Waals surface area contributed by atoms with Gasteiger partial charge in [0.25, 0.3) is 0 Å². The number of rotatable bonds is 5. The first-order valence-corrected chi connectivity index (χ1v) is 6.30. The summed E-state index contributed by atoms with van der Waals surface area (Å²) in [5.41, 5.74) is 0.665. The molecular formula is C12H13NO4S. The van der Waals surface area contributed by atoms with Crippen LogP contribution in [0.2, 0.25) is 0 Å². The highest BCUT2D eigenvalue weighted by molar-refractivity contribution is 8.14. The molecule has 1 aromatic rings. The Kier molecular flexibility index (Phi) is 5.38. The number of anilines is 1. The quantitative estimate of drug-likeness (QED) is 0.852. The van der Waals surface area contributed by atoms with Crippen molar-refractivity contribution in [2.24, 2.45) is 0 Å². The number of benzene rings is 1. The lowest BCUT2D eigenvalue weighted by Crippen LogP contribution is -2.15. The molecule has 0 saturated heterocycles.